The minimum atomic E-state index is -0.423. The van der Waals surface area contributed by atoms with Gasteiger partial charge in [0.2, 0.25) is 0 Å². The van der Waals surface area contributed by atoms with Crippen LogP contribution in [0.1, 0.15) is 36.9 Å². The maximum Gasteiger partial charge on any atom is 0.317 e. The van der Waals surface area contributed by atoms with Crippen LogP contribution in [0.5, 0.6) is 0 Å². The van der Waals surface area contributed by atoms with E-state index in [1.807, 2.05) is 53.4 Å². The molecule has 1 saturated heterocycles. The van der Waals surface area contributed by atoms with Crippen molar-refractivity contribution in [2.45, 2.75) is 38.5 Å². The molecular weight excluding hydrogens is 420 g/mol. The highest BCUT2D eigenvalue weighted by Crippen LogP contribution is 2.33. The van der Waals surface area contributed by atoms with Crippen molar-refractivity contribution < 1.29 is 9.53 Å². The lowest BCUT2D eigenvalue weighted by molar-refractivity contribution is 0.0558. The molecule has 4 nitrogen and oxygen atoms in total. The molecule has 0 unspecified atom stereocenters. The molecule has 1 aliphatic rings. The molecule has 2 atom stereocenters. The van der Waals surface area contributed by atoms with Gasteiger partial charge in [0.1, 0.15) is 6.61 Å². The maximum absolute atomic E-state index is 12.6. The van der Waals surface area contributed by atoms with Crippen LogP contribution >= 0.6 is 11.6 Å². The van der Waals surface area contributed by atoms with E-state index < -0.39 is 5.37 Å². The summed E-state index contributed by atoms with van der Waals surface area (Å²) in [4.78, 5) is 16.5. The molecule has 0 radical (unpaired) electrons. The van der Waals surface area contributed by atoms with Crippen LogP contribution in [0, 0.1) is 0 Å². The van der Waals surface area contributed by atoms with E-state index in [0.717, 1.165) is 41.3 Å². The van der Waals surface area contributed by atoms with Gasteiger partial charge in [-0.2, -0.15) is 0 Å². The molecule has 3 aromatic carbocycles. The Labute approximate surface area is 195 Å². The van der Waals surface area contributed by atoms with Crippen molar-refractivity contribution in [3.63, 3.8) is 0 Å². The molecule has 0 saturated carbocycles. The van der Waals surface area contributed by atoms with E-state index in [2.05, 4.69) is 42.7 Å². The summed E-state index contributed by atoms with van der Waals surface area (Å²) in [5.74, 6) is 0.637. The maximum atomic E-state index is 12.6. The van der Waals surface area contributed by atoms with Crippen LogP contribution in [0.4, 0.5) is 4.79 Å². The van der Waals surface area contributed by atoms with Gasteiger partial charge in [-0.1, -0.05) is 72.8 Å². The average Bonchev–Trinajstić information content (AvgIpc) is 2.83. The number of fused-ring (bicyclic) bond motifs is 1. The Morgan fingerprint density at radius 1 is 1.12 bits per heavy atom. The van der Waals surface area contributed by atoms with Crippen molar-refractivity contribution in [3.05, 3.63) is 96.4 Å². The molecule has 32 heavy (non-hydrogen) atoms. The van der Waals surface area contributed by atoms with E-state index in [-0.39, 0.29) is 12.1 Å². The number of hydrogen-bond donors (Lipinski definition) is 0. The number of piperidine rings is 1. The summed E-state index contributed by atoms with van der Waals surface area (Å²) >= 11 is 6.16. The van der Waals surface area contributed by atoms with Gasteiger partial charge in [-0.25, -0.2) is 0 Å². The Bertz CT molecular complexity index is 1080. The third kappa shape index (κ3) is 4.91. The van der Waals surface area contributed by atoms with E-state index in [1.54, 1.807) is 0 Å². The minimum Gasteiger partial charge on any atom is -0.475 e. The van der Waals surface area contributed by atoms with Crippen molar-refractivity contribution >= 4 is 27.7 Å². The third-order valence-electron chi connectivity index (χ3n) is 6.28. The second-order valence-corrected chi connectivity index (χ2v) is 8.64. The van der Waals surface area contributed by atoms with Gasteiger partial charge in [-0.05, 0) is 59.8 Å². The number of ether oxygens (including phenoxy) is 1. The average molecular weight is 449 g/mol. The second kappa shape index (κ2) is 10.1. The lowest BCUT2D eigenvalue weighted by atomic mass is 9.96. The van der Waals surface area contributed by atoms with Crippen LogP contribution in [-0.4, -0.2) is 34.3 Å². The molecule has 5 heteroatoms. The first-order chi connectivity index (χ1) is 15.5. The lowest BCUT2D eigenvalue weighted by Gasteiger charge is -2.42. The predicted octanol–water partition coefficient (Wildman–Crippen LogP) is 6.71. The van der Waals surface area contributed by atoms with Crippen molar-refractivity contribution in [2.75, 3.05) is 13.1 Å². The third-order valence-corrected chi connectivity index (χ3v) is 6.48. The van der Waals surface area contributed by atoms with Crippen LogP contribution < -0.4 is 0 Å². The largest absolute Gasteiger partial charge is 0.475 e. The molecule has 0 spiro atoms. The SMILES string of the molecule is C=C(OCc1ccccc1)N1CCC[C@H](N(C(=O)Cl)[C@H](C)c2cccc3ccccc23)C1. The fraction of sp³-hybridized carbons (Fsp3) is 0.296. The molecule has 1 heterocycles. The van der Waals surface area contributed by atoms with E-state index in [9.17, 15) is 4.79 Å². The van der Waals surface area contributed by atoms with E-state index in [0.29, 0.717) is 19.0 Å². The highest BCUT2D eigenvalue weighted by atomic mass is 35.5. The molecule has 0 bridgehead atoms. The first-order valence-electron chi connectivity index (χ1n) is 11.1. The minimum absolute atomic E-state index is 0.0141. The normalized spacial score (nSPS) is 17.1. The lowest BCUT2D eigenvalue weighted by Crippen LogP contribution is -2.49. The number of hydrogen-bond acceptors (Lipinski definition) is 3. The van der Waals surface area contributed by atoms with Crippen LogP contribution in [-0.2, 0) is 11.3 Å². The van der Waals surface area contributed by atoms with Crippen molar-refractivity contribution in [3.8, 4) is 0 Å². The van der Waals surface area contributed by atoms with Gasteiger partial charge in [0.25, 0.3) is 0 Å². The Morgan fingerprint density at radius 2 is 1.84 bits per heavy atom. The number of nitrogens with zero attached hydrogens (tertiary/aromatic N) is 2. The zero-order chi connectivity index (χ0) is 22.5. The van der Waals surface area contributed by atoms with Crippen LogP contribution in [0.25, 0.3) is 10.8 Å². The number of likely N-dealkylation sites (tertiary alicyclic amines) is 1. The summed E-state index contributed by atoms with van der Waals surface area (Å²) in [5.41, 5.74) is 2.21. The number of halogens is 1. The number of benzene rings is 3. The Kier molecular flexibility index (Phi) is 7.01. The standard InChI is InChI=1S/C27H29ClN2O2/c1-20(25-16-8-13-23-12-6-7-15-26(23)25)30(27(28)31)24-14-9-17-29(18-24)21(2)32-19-22-10-4-3-5-11-22/h3-8,10-13,15-16,20,24H,2,9,14,17-19H2,1H3/t20-,24+/m1/s1. The molecule has 1 amide bonds. The summed E-state index contributed by atoms with van der Waals surface area (Å²) < 4.78 is 5.95. The van der Waals surface area contributed by atoms with Gasteiger partial charge in [0.15, 0.2) is 5.88 Å². The van der Waals surface area contributed by atoms with Gasteiger partial charge in [0, 0.05) is 13.1 Å². The van der Waals surface area contributed by atoms with Crippen molar-refractivity contribution in [2.24, 2.45) is 0 Å². The number of amides is 1. The Morgan fingerprint density at radius 3 is 2.62 bits per heavy atom. The molecule has 166 valence electrons. The van der Waals surface area contributed by atoms with E-state index >= 15 is 0 Å². The van der Waals surface area contributed by atoms with Crippen LogP contribution in [0.15, 0.2) is 85.3 Å². The molecule has 0 aromatic heterocycles. The molecule has 4 rings (SSSR count). The highest BCUT2D eigenvalue weighted by Gasteiger charge is 2.33. The van der Waals surface area contributed by atoms with Gasteiger partial charge in [-0.15, -0.1) is 0 Å². The molecular formula is C27H29ClN2O2. The molecule has 1 fully saturated rings. The van der Waals surface area contributed by atoms with Crippen LogP contribution in [0.3, 0.4) is 0 Å². The number of carbonyl (C=O) groups is 1. The highest BCUT2D eigenvalue weighted by molar-refractivity contribution is 6.62. The Balaban J connectivity index is 1.49. The fourth-order valence-electron chi connectivity index (χ4n) is 4.62. The smallest absolute Gasteiger partial charge is 0.317 e. The van der Waals surface area contributed by atoms with Crippen LogP contribution in [0.2, 0.25) is 0 Å². The van der Waals surface area contributed by atoms with E-state index in [1.165, 1.54) is 0 Å². The molecule has 0 N–H and O–H groups in total. The topological polar surface area (TPSA) is 32.8 Å². The number of carbonyl (C=O) groups excluding carboxylic acids is 1. The zero-order valence-electron chi connectivity index (χ0n) is 18.4. The first-order valence-corrected chi connectivity index (χ1v) is 11.5. The predicted molar refractivity (Wildman–Crippen MR) is 130 cm³/mol. The van der Waals surface area contributed by atoms with Crippen molar-refractivity contribution in [1.82, 2.24) is 9.80 Å². The van der Waals surface area contributed by atoms with Gasteiger partial charge < -0.3 is 14.5 Å². The monoisotopic (exact) mass is 448 g/mol. The Hall–Kier alpha value is -2.98. The first kappa shape index (κ1) is 22.2. The fourth-order valence-corrected chi connectivity index (χ4v) is 4.90. The summed E-state index contributed by atoms with van der Waals surface area (Å²) in [6.07, 6.45) is 1.84. The summed E-state index contributed by atoms with van der Waals surface area (Å²) in [6, 6.07) is 24.4. The summed E-state index contributed by atoms with van der Waals surface area (Å²) in [6.45, 7) is 8.19. The molecule has 1 aliphatic heterocycles. The zero-order valence-corrected chi connectivity index (χ0v) is 19.2. The molecule has 0 aliphatic carbocycles. The summed E-state index contributed by atoms with van der Waals surface area (Å²) in [7, 11) is 0. The van der Waals surface area contributed by atoms with E-state index in [4.69, 9.17) is 16.3 Å². The molecule has 3 aromatic rings. The van der Waals surface area contributed by atoms with Crippen molar-refractivity contribution in [1.29, 1.82) is 0 Å². The quantitative estimate of drug-likeness (QED) is 0.228. The second-order valence-electron chi connectivity index (χ2n) is 8.31. The van der Waals surface area contributed by atoms with Gasteiger partial charge in [0.05, 0.1) is 12.1 Å². The summed E-state index contributed by atoms with van der Waals surface area (Å²) in [5, 5.41) is 1.88. The van der Waals surface area contributed by atoms with Gasteiger partial charge >= 0.3 is 5.37 Å². The van der Waals surface area contributed by atoms with Gasteiger partial charge in [-0.3, -0.25) is 4.79 Å². The number of rotatable bonds is 7.